The molecule has 0 aliphatic heterocycles. The van der Waals surface area contributed by atoms with E-state index in [2.05, 4.69) is 22.6 Å². The minimum absolute atomic E-state index is 0.296. The van der Waals surface area contributed by atoms with Gasteiger partial charge in [-0.2, -0.15) is 0 Å². The summed E-state index contributed by atoms with van der Waals surface area (Å²) in [7, 11) is 1.65. The van der Waals surface area contributed by atoms with Gasteiger partial charge in [-0.25, -0.2) is 4.79 Å². The average molecular weight is 349 g/mol. The molecule has 0 bridgehead atoms. The molecule has 0 aromatic heterocycles. The molecule has 0 aliphatic rings. The number of halogens is 1. The Labute approximate surface area is 115 Å². The second-order valence-electron chi connectivity index (χ2n) is 3.58. The molecule has 0 saturated heterocycles. The van der Waals surface area contributed by atoms with Crippen LogP contribution in [-0.2, 0) is 9.47 Å². The molecular weight excluding hydrogens is 333 g/mol. The van der Waals surface area contributed by atoms with Crippen molar-refractivity contribution in [3.05, 3.63) is 33.4 Å². The Morgan fingerprint density at radius 2 is 2.18 bits per heavy atom. The van der Waals surface area contributed by atoms with Gasteiger partial charge < -0.3 is 15.2 Å². The maximum atomic E-state index is 10.9. The molecule has 2 N–H and O–H groups in total. The number of hydrogen-bond acceptors (Lipinski definition) is 3. The lowest BCUT2D eigenvalue weighted by molar-refractivity contribution is 0.0913. The van der Waals surface area contributed by atoms with Crippen LogP contribution in [0.25, 0.3) is 0 Å². The van der Waals surface area contributed by atoms with Gasteiger partial charge in [-0.05, 0) is 41.5 Å². The van der Waals surface area contributed by atoms with Gasteiger partial charge in [0.2, 0.25) is 0 Å². The highest BCUT2D eigenvalue weighted by molar-refractivity contribution is 14.1. The van der Waals surface area contributed by atoms with Gasteiger partial charge in [0.05, 0.1) is 0 Å². The predicted octanol–water partition coefficient (Wildman–Crippen LogP) is 2.85. The van der Waals surface area contributed by atoms with Crippen LogP contribution in [-0.4, -0.2) is 19.8 Å². The summed E-state index contributed by atoms with van der Waals surface area (Å²) in [5.74, 6) is 0. The Balaban J connectivity index is 2.75. The Morgan fingerprint density at radius 1 is 1.47 bits per heavy atom. The molecule has 1 aromatic carbocycles. The normalized spacial score (nSPS) is 12.1. The highest BCUT2D eigenvalue weighted by atomic mass is 127. The number of nitrogens with two attached hydrogens (primary N) is 1. The number of hydrogen-bond donors (Lipinski definition) is 1. The molecule has 0 heterocycles. The van der Waals surface area contributed by atoms with E-state index in [9.17, 15) is 4.79 Å². The Morgan fingerprint density at radius 3 is 2.76 bits per heavy atom. The van der Waals surface area contributed by atoms with Crippen molar-refractivity contribution in [3.63, 3.8) is 0 Å². The molecule has 1 rings (SSSR count). The van der Waals surface area contributed by atoms with Crippen LogP contribution >= 0.6 is 22.6 Å². The van der Waals surface area contributed by atoms with Crippen LogP contribution in [0.2, 0.25) is 0 Å². The van der Waals surface area contributed by atoms with Crippen molar-refractivity contribution in [2.75, 3.05) is 13.7 Å². The van der Waals surface area contributed by atoms with Crippen LogP contribution in [0.5, 0.6) is 0 Å². The standard InChI is InChI=1S/C12H16INO3/c1-16-8-4-7-11(17-12(14)15)9-5-2-3-6-10(9)13/h2-3,5-6,11H,4,7-8H2,1H3,(H2,14,15)/t11-/m0/s1. The lowest BCUT2D eigenvalue weighted by Gasteiger charge is -2.18. The first kappa shape index (κ1) is 14.2. The smallest absolute Gasteiger partial charge is 0.405 e. The highest BCUT2D eigenvalue weighted by Gasteiger charge is 2.17. The number of benzene rings is 1. The van der Waals surface area contributed by atoms with Crippen LogP contribution in [0.4, 0.5) is 4.79 Å². The second kappa shape index (κ2) is 7.50. The van der Waals surface area contributed by atoms with Crippen LogP contribution in [0.3, 0.4) is 0 Å². The minimum Gasteiger partial charge on any atom is -0.441 e. The van der Waals surface area contributed by atoms with Gasteiger partial charge in [0.15, 0.2) is 0 Å². The van der Waals surface area contributed by atoms with Gasteiger partial charge >= 0.3 is 6.09 Å². The molecule has 0 aliphatic carbocycles. The molecule has 1 aromatic rings. The van der Waals surface area contributed by atoms with Crippen molar-refractivity contribution in [3.8, 4) is 0 Å². The maximum absolute atomic E-state index is 10.9. The van der Waals surface area contributed by atoms with E-state index >= 15 is 0 Å². The fourth-order valence-electron chi connectivity index (χ4n) is 1.57. The largest absolute Gasteiger partial charge is 0.441 e. The summed E-state index contributed by atoms with van der Waals surface area (Å²) in [6.45, 7) is 0.641. The summed E-state index contributed by atoms with van der Waals surface area (Å²) in [5.41, 5.74) is 6.08. The molecule has 0 saturated carbocycles. The van der Waals surface area contributed by atoms with Crippen molar-refractivity contribution in [1.29, 1.82) is 0 Å². The third kappa shape index (κ3) is 4.91. The topological polar surface area (TPSA) is 61.6 Å². The second-order valence-corrected chi connectivity index (χ2v) is 4.74. The molecule has 0 radical (unpaired) electrons. The van der Waals surface area contributed by atoms with E-state index in [1.54, 1.807) is 7.11 Å². The van der Waals surface area contributed by atoms with E-state index in [0.29, 0.717) is 13.0 Å². The van der Waals surface area contributed by atoms with Gasteiger partial charge in [-0.1, -0.05) is 18.2 Å². The Kier molecular flexibility index (Phi) is 6.28. The molecule has 4 nitrogen and oxygen atoms in total. The zero-order valence-corrected chi connectivity index (χ0v) is 11.8. The molecule has 94 valence electrons. The van der Waals surface area contributed by atoms with Crippen LogP contribution in [0.15, 0.2) is 24.3 Å². The number of carbonyl (C=O) groups excluding carboxylic acids is 1. The SMILES string of the molecule is COCCC[C@H](OC(N)=O)c1ccccc1I. The van der Waals surface area contributed by atoms with Crippen molar-refractivity contribution >= 4 is 28.7 Å². The van der Waals surface area contributed by atoms with E-state index in [4.69, 9.17) is 15.2 Å². The molecule has 17 heavy (non-hydrogen) atoms. The summed E-state index contributed by atoms with van der Waals surface area (Å²) in [6, 6.07) is 7.79. The van der Waals surface area contributed by atoms with Crippen molar-refractivity contribution < 1.29 is 14.3 Å². The summed E-state index contributed by atoms with van der Waals surface area (Å²) < 4.78 is 11.2. The van der Waals surface area contributed by atoms with Gasteiger partial charge in [0.25, 0.3) is 0 Å². The zero-order chi connectivity index (χ0) is 12.7. The first-order valence-electron chi connectivity index (χ1n) is 5.34. The van der Waals surface area contributed by atoms with Gasteiger partial charge in [-0.15, -0.1) is 0 Å². The van der Waals surface area contributed by atoms with E-state index in [0.717, 1.165) is 15.6 Å². The Hall–Kier alpha value is -0.820. The quantitative estimate of drug-likeness (QED) is 0.635. The van der Waals surface area contributed by atoms with E-state index < -0.39 is 6.09 Å². The minimum atomic E-state index is -0.743. The van der Waals surface area contributed by atoms with E-state index in [-0.39, 0.29) is 6.10 Å². The first-order chi connectivity index (χ1) is 8.15. The fourth-order valence-corrected chi connectivity index (χ4v) is 2.30. The number of ether oxygens (including phenoxy) is 2. The number of amides is 1. The van der Waals surface area contributed by atoms with Crippen molar-refractivity contribution in [2.45, 2.75) is 18.9 Å². The first-order valence-corrected chi connectivity index (χ1v) is 6.42. The van der Waals surface area contributed by atoms with Gasteiger partial charge in [-0.3, -0.25) is 0 Å². The van der Waals surface area contributed by atoms with Crippen LogP contribution in [0, 0.1) is 3.57 Å². The molecule has 1 amide bonds. The molecule has 0 fully saturated rings. The fraction of sp³-hybridized carbons (Fsp3) is 0.417. The predicted molar refractivity (Wildman–Crippen MR) is 73.7 cm³/mol. The van der Waals surface area contributed by atoms with Crippen LogP contribution in [0.1, 0.15) is 24.5 Å². The van der Waals surface area contributed by atoms with E-state index in [1.807, 2.05) is 24.3 Å². The zero-order valence-electron chi connectivity index (χ0n) is 9.69. The maximum Gasteiger partial charge on any atom is 0.405 e. The van der Waals surface area contributed by atoms with Gasteiger partial charge in [0, 0.05) is 22.9 Å². The average Bonchev–Trinajstić information content (AvgIpc) is 2.28. The molecule has 0 unspecified atom stereocenters. The number of primary amides is 1. The molecule has 5 heteroatoms. The third-order valence-electron chi connectivity index (χ3n) is 2.33. The van der Waals surface area contributed by atoms with Crippen LogP contribution < -0.4 is 5.73 Å². The number of rotatable bonds is 6. The van der Waals surface area contributed by atoms with Gasteiger partial charge in [0.1, 0.15) is 6.10 Å². The summed E-state index contributed by atoms with van der Waals surface area (Å²) >= 11 is 2.22. The molecule has 0 spiro atoms. The third-order valence-corrected chi connectivity index (χ3v) is 3.31. The molecular formula is C12H16INO3. The van der Waals surface area contributed by atoms with Crippen molar-refractivity contribution in [1.82, 2.24) is 0 Å². The highest BCUT2D eigenvalue weighted by Crippen LogP contribution is 2.26. The number of methoxy groups -OCH3 is 1. The summed E-state index contributed by atoms with van der Waals surface area (Å²) in [4.78, 5) is 10.9. The summed E-state index contributed by atoms with van der Waals surface area (Å²) in [5, 5.41) is 0. The Bertz CT molecular complexity index is 371. The summed E-state index contributed by atoms with van der Waals surface area (Å²) in [6.07, 6.45) is 0.485. The van der Waals surface area contributed by atoms with E-state index in [1.165, 1.54) is 0 Å². The molecule has 1 atom stereocenters. The monoisotopic (exact) mass is 349 g/mol. The van der Waals surface area contributed by atoms with Crippen molar-refractivity contribution in [2.24, 2.45) is 5.73 Å². The number of carbonyl (C=O) groups is 1. The lowest BCUT2D eigenvalue weighted by atomic mass is 10.1. The lowest BCUT2D eigenvalue weighted by Crippen LogP contribution is -2.18.